The van der Waals surface area contributed by atoms with Crippen molar-refractivity contribution in [2.45, 2.75) is 18.7 Å². The topological polar surface area (TPSA) is 70.2 Å². The predicted octanol–water partition coefficient (Wildman–Crippen LogP) is 5.40. The summed E-state index contributed by atoms with van der Waals surface area (Å²) in [6, 6.07) is 22.3. The van der Waals surface area contributed by atoms with Gasteiger partial charge >= 0.3 is 0 Å². The minimum atomic E-state index is -3.70. The molecule has 2 heterocycles. The van der Waals surface area contributed by atoms with Gasteiger partial charge in [0, 0.05) is 43.1 Å². The molecular weight excluding hydrogens is 518 g/mol. The normalized spacial score (nSPS) is 14.1. The number of carbonyl (C=O) groups is 1. The maximum absolute atomic E-state index is 13.3. The first-order valence-electron chi connectivity index (χ1n) is 12.6. The summed E-state index contributed by atoms with van der Waals surface area (Å²) in [6.07, 6.45) is 0. The van der Waals surface area contributed by atoms with Crippen molar-refractivity contribution in [3.8, 4) is 5.75 Å². The van der Waals surface area contributed by atoms with Gasteiger partial charge in [0.25, 0.3) is 15.9 Å². The lowest BCUT2D eigenvalue weighted by molar-refractivity contribution is 0.0751. The molecule has 1 amide bonds. The van der Waals surface area contributed by atoms with Crippen LogP contribution in [0, 0.1) is 6.92 Å². The molecule has 0 radical (unpaired) electrons. The molecule has 5 rings (SSSR count). The number of nitrogens with zero attached hydrogens (tertiary/aromatic N) is 3. The third-order valence-corrected chi connectivity index (χ3v) is 9.92. The van der Waals surface area contributed by atoms with Gasteiger partial charge in [-0.3, -0.25) is 9.10 Å². The van der Waals surface area contributed by atoms with Crippen LogP contribution in [0.15, 0.2) is 77.7 Å². The van der Waals surface area contributed by atoms with E-state index in [1.807, 2.05) is 67.3 Å². The Kier molecular flexibility index (Phi) is 7.32. The Hall–Kier alpha value is -3.56. The molecule has 3 aromatic carbocycles. The molecule has 0 saturated carbocycles. The van der Waals surface area contributed by atoms with Gasteiger partial charge in [-0.15, -0.1) is 11.3 Å². The van der Waals surface area contributed by atoms with Crippen molar-refractivity contribution in [2.24, 2.45) is 0 Å². The number of thiophene rings is 1. The molecule has 1 aliphatic rings. The Balaban J connectivity index is 1.31. The largest absolute Gasteiger partial charge is 0.497 e. The van der Waals surface area contributed by atoms with E-state index in [0.717, 1.165) is 40.2 Å². The SMILES string of the molecule is CCN(c1ccc2sc(C(=O)N3CCN(c4ccc(OC)cc4)CC3)cc2c1)S(=O)(=O)c1ccc(C)cc1. The monoisotopic (exact) mass is 549 g/mol. The third-order valence-electron chi connectivity index (χ3n) is 6.90. The number of methoxy groups -OCH3 is 1. The van der Waals surface area contributed by atoms with Crippen LogP contribution in [0.25, 0.3) is 10.1 Å². The zero-order valence-corrected chi connectivity index (χ0v) is 23.4. The Labute approximate surface area is 227 Å². The number of fused-ring (bicyclic) bond motifs is 1. The zero-order valence-electron chi connectivity index (χ0n) is 21.8. The van der Waals surface area contributed by atoms with Crippen LogP contribution in [0.5, 0.6) is 5.75 Å². The first-order valence-corrected chi connectivity index (χ1v) is 14.9. The van der Waals surface area contributed by atoms with Crippen LogP contribution in [0.4, 0.5) is 11.4 Å². The van der Waals surface area contributed by atoms with E-state index < -0.39 is 10.0 Å². The molecule has 198 valence electrons. The molecule has 9 heteroatoms. The Morgan fingerprint density at radius 3 is 2.26 bits per heavy atom. The second-order valence-corrected chi connectivity index (χ2v) is 12.2. The van der Waals surface area contributed by atoms with E-state index in [2.05, 4.69) is 4.90 Å². The number of benzene rings is 3. The molecule has 7 nitrogen and oxygen atoms in total. The highest BCUT2D eigenvalue weighted by Crippen LogP contribution is 2.33. The first-order chi connectivity index (χ1) is 18.3. The standard InChI is InChI=1S/C29H31N3O4S2/c1-4-32(38(34,35)26-12-5-21(2)6-13-26)24-9-14-27-22(19-24)20-28(37-27)29(33)31-17-15-30(16-18-31)23-7-10-25(36-3)11-8-23/h5-14,19-20H,4,15-18H2,1-3H3. The van der Waals surface area contributed by atoms with Crippen LogP contribution in [0.2, 0.25) is 0 Å². The molecule has 1 aliphatic heterocycles. The van der Waals surface area contributed by atoms with Gasteiger partial charge in [-0.1, -0.05) is 17.7 Å². The Morgan fingerprint density at radius 2 is 1.63 bits per heavy atom. The maximum Gasteiger partial charge on any atom is 0.264 e. The van der Waals surface area contributed by atoms with E-state index >= 15 is 0 Å². The molecule has 0 spiro atoms. The van der Waals surface area contributed by atoms with E-state index in [9.17, 15) is 13.2 Å². The van der Waals surface area contributed by atoms with Crippen LogP contribution in [-0.4, -0.2) is 59.1 Å². The second kappa shape index (κ2) is 10.7. The second-order valence-electron chi connectivity index (χ2n) is 9.29. The number of amides is 1. The number of aryl methyl sites for hydroxylation is 1. The zero-order chi connectivity index (χ0) is 26.9. The lowest BCUT2D eigenvalue weighted by Crippen LogP contribution is -2.48. The third kappa shape index (κ3) is 5.08. The quantitative estimate of drug-likeness (QED) is 0.309. The van der Waals surface area contributed by atoms with E-state index in [1.54, 1.807) is 31.4 Å². The highest BCUT2D eigenvalue weighted by atomic mass is 32.2. The minimum Gasteiger partial charge on any atom is -0.497 e. The summed E-state index contributed by atoms with van der Waals surface area (Å²) < 4.78 is 34.3. The number of anilines is 2. The fourth-order valence-corrected chi connectivity index (χ4v) is 7.21. The summed E-state index contributed by atoms with van der Waals surface area (Å²) in [6.45, 7) is 6.86. The Morgan fingerprint density at radius 1 is 0.947 bits per heavy atom. The molecule has 0 atom stereocenters. The molecule has 1 saturated heterocycles. The average molecular weight is 550 g/mol. The summed E-state index contributed by atoms with van der Waals surface area (Å²) in [5, 5.41) is 0.866. The van der Waals surface area contributed by atoms with Gasteiger partial charge in [-0.25, -0.2) is 8.42 Å². The van der Waals surface area contributed by atoms with E-state index in [-0.39, 0.29) is 10.8 Å². The van der Waals surface area contributed by atoms with E-state index in [4.69, 9.17) is 4.74 Å². The molecule has 0 N–H and O–H groups in total. The van der Waals surface area contributed by atoms with Gasteiger partial charge < -0.3 is 14.5 Å². The van der Waals surface area contributed by atoms with Crippen molar-refractivity contribution in [3.63, 3.8) is 0 Å². The fraction of sp³-hybridized carbons (Fsp3) is 0.276. The van der Waals surface area contributed by atoms with Gasteiger partial charge in [0.15, 0.2) is 0 Å². The number of hydrogen-bond acceptors (Lipinski definition) is 6. The van der Waals surface area contributed by atoms with Crippen LogP contribution < -0.4 is 13.9 Å². The summed E-state index contributed by atoms with van der Waals surface area (Å²) in [5.74, 6) is 0.840. The molecule has 38 heavy (non-hydrogen) atoms. The summed E-state index contributed by atoms with van der Waals surface area (Å²) >= 11 is 1.45. The number of hydrogen-bond donors (Lipinski definition) is 0. The van der Waals surface area contributed by atoms with Crippen molar-refractivity contribution in [1.82, 2.24) is 4.90 Å². The van der Waals surface area contributed by atoms with Gasteiger partial charge in [0.2, 0.25) is 0 Å². The summed E-state index contributed by atoms with van der Waals surface area (Å²) in [5.41, 5.74) is 2.71. The highest BCUT2D eigenvalue weighted by molar-refractivity contribution is 7.92. The van der Waals surface area contributed by atoms with E-state index in [0.29, 0.717) is 30.2 Å². The van der Waals surface area contributed by atoms with Crippen molar-refractivity contribution >= 4 is 48.7 Å². The van der Waals surface area contributed by atoms with Crippen molar-refractivity contribution in [2.75, 3.05) is 49.0 Å². The molecule has 1 fully saturated rings. The average Bonchev–Trinajstić information content (AvgIpc) is 3.37. The molecule has 0 aliphatic carbocycles. The van der Waals surface area contributed by atoms with Crippen molar-refractivity contribution in [3.05, 3.63) is 83.2 Å². The van der Waals surface area contributed by atoms with Crippen LogP contribution in [0.1, 0.15) is 22.2 Å². The van der Waals surface area contributed by atoms with E-state index in [1.165, 1.54) is 15.6 Å². The highest BCUT2D eigenvalue weighted by Gasteiger charge is 2.26. The van der Waals surface area contributed by atoms with Gasteiger partial charge in [-0.05, 0) is 79.9 Å². The minimum absolute atomic E-state index is 0.0155. The summed E-state index contributed by atoms with van der Waals surface area (Å²) in [7, 11) is -2.04. The fourth-order valence-electron chi connectivity index (χ4n) is 4.74. The van der Waals surface area contributed by atoms with Gasteiger partial charge in [0.05, 0.1) is 22.6 Å². The first kappa shape index (κ1) is 26.1. The molecule has 0 unspecified atom stereocenters. The number of sulfonamides is 1. The number of carbonyl (C=O) groups excluding carboxylic acids is 1. The molecule has 4 aromatic rings. The number of ether oxygens (including phenoxy) is 1. The van der Waals surface area contributed by atoms with Gasteiger partial charge in [-0.2, -0.15) is 0 Å². The number of piperazine rings is 1. The van der Waals surface area contributed by atoms with Gasteiger partial charge in [0.1, 0.15) is 5.75 Å². The smallest absolute Gasteiger partial charge is 0.264 e. The van der Waals surface area contributed by atoms with Crippen LogP contribution >= 0.6 is 11.3 Å². The lowest BCUT2D eigenvalue weighted by atomic mass is 10.2. The number of rotatable bonds is 7. The van der Waals surface area contributed by atoms with Crippen molar-refractivity contribution < 1.29 is 17.9 Å². The molecule has 0 bridgehead atoms. The summed E-state index contributed by atoms with van der Waals surface area (Å²) in [4.78, 5) is 18.4. The Bertz CT molecular complexity index is 1540. The van der Waals surface area contributed by atoms with Crippen LogP contribution in [-0.2, 0) is 10.0 Å². The molecular formula is C29H31N3O4S2. The van der Waals surface area contributed by atoms with Crippen molar-refractivity contribution in [1.29, 1.82) is 0 Å². The molecule has 1 aromatic heterocycles. The predicted molar refractivity (Wildman–Crippen MR) is 154 cm³/mol. The van der Waals surface area contributed by atoms with Crippen LogP contribution in [0.3, 0.4) is 0 Å². The lowest BCUT2D eigenvalue weighted by Gasteiger charge is -2.36. The maximum atomic E-state index is 13.3.